The van der Waals surface area contributed by atoms with Crippen molar-refractivity contribution in [2.45, 2.75) is 95.2 Å². The number of hydrogen-bond donors (Lipinski definition) is 2. The fourth-order valence-electron chi connectivity index (χ4n) is 7.12. The summed E-state index contributed by atoms with van der Waals surface area (Å²) in [6, 6.07) is 10.6. The zero-order chi connectivity index (χ0) is 18.9. The summed E-state index contributed by atoms with van der Waals surface area (Å²) < 4.78 is 0. The number of nitrogens with zero attached hydrogens (tertiary/aromatic N) is 1. The van der Waals surface area contributed by atoms with E-state index in [0.29, 0.717) is 6.04 Å². The van der Waals surface area contributed by atoms with Gasteiger partial charge < -0.3 is 11.1 Å². The van der Waals surface area contributed by atoms with Crippen LogP contribution in [0.4, 0.5) is 11.4 Å². The van der Waals surface area contributed by atoms with Crippen molar-refractivity contribution in [2.75, 3.05) is 17.6 Å². The maximum atomic E-state index is 6.24. The molecular formula is C25H39N3. The lowest BCUT2D eigenvalue weighted by molar-refractivity contribution is 0.00152. The van der Waals surface area contributed by atoms with Crippen LogP contribution in [0.2, 0.25) is 0 Å². The van der Waals surface area contributed by atoms with Crippen LogP contribution in [0.25, 0.3) is 0 Å². The number of fused-ring (bicyclic) bond motifs is 7. The van der Waals surface area contributed by atoms with Crippen molar-refractivity contribution in [3.8, 4) is 0 Å². The number of nitrogens with one attached hydrogen (secondary N) is 1. The summed E-state index contributed by atoms with van der Waals surface area (Å²) in [6.07, 6.45) is 17.4. The Bertz CT molecular complexity index is 645. The molecule has 5 fully saturated rings. The number of rotatable bonds is 3. The SMILES string of the molecule is Nc1ccccc1N[C@H]1C[C@H]2CCCCC1CN2[C@@H]1C[C@@H]2CCCC[C@@H](C2)C1. The lowest BCUT2D eigenvalue weighted by Crippen LogP contribution is -2.57. The van der Waals surface area contributed by atoms with Gasteiger partial charge in [-0.05, 0) is 68.4 Å². The lowest BCUT2D eigenvalue weighted by Gasteiger charge is -2.52. The molecule has 0 aromatic heterocycles. The molecule has 154 valence electrons. The molecule has 4 bridgehead atoms. The van der Waals surface area contributed by atoms with E-state index in [1.165, 1.54) is 83.6 Å². The van der Waals surface area contributed by atoms with Crippen LogP contribution < -0.4 is 11.1 Å². The van der Waals surface area contributed by atoms with E-state index in [-0.39, 0.29) is 0 Å². The van der Waals surface area contributed by atoms with Gasteiger partial charge in [-0.2, -0.15) is 0 Å². The Kier molecular flexibility index (Phi) is 5.54. The van der Waals surface area contributed by atoms with E-state index >= 15 is 0 Å². The first-order valence-corrected chi connectivity index (χ1v) is 12.1. The van der Waals surface area contributed by atoms with Crippen molar-refractivity contribution < 1.29 is 0 Å². The van der Waals surface area contributed by atoms with Crippen molar-refractivity contribution in [3.05, 3.63) is 24.3 Å². The van der Waals surface area contributed by atoms with Gasteiger partial charge in [0, 0.05) is 24.7 Å². The van der Waals surface area contributed by atoms with Crippen molar-refractivity contribution >= 4 is 11.4 Å². The average molecular weight is 382 g/mol. The third-order valence-electron chi connectivity index (χ3n) is 8.49. The summed E-state index contributed by atoms with van der Waals surface area (Å²) >= 11 is 0. The summed E-state index contributed by atoms with van der Waals surface area (Å²) in [7, 11) is 0. The third-order valence-corrected chi connectivity index (χ3v) is 8.49. The van der Waals surface area contributed by atoms with E-state index in [0.717, 1.165) is 41.2 Å². The van der Waals surface area contributed by atoms with Gasteiger partial charge in [-0.3, -0.25) is 4.90 Å². The van der Waals surface area contributed by atoms with Crippen molar-refractivity contribution in [1.29, 1.82) is 0 Å². The molecule has 1 aromatic rings. The van der Waals surface area contributed by atoms with Crippen LogP contribution in [0.3, 0.4) is 0 Å². The largest absolute Gasteiger partial charge is 0.397 e. The monoisotopic (exact) mass is 381 g/mol. The molecule has 0 radical (unpaired) electrons. The fourth-order valence-corrected chi connectivity index (χ4v) is 7.12. The van der Waals surface area contributed by atoms with Gasteiger partial charge in [-0.15, -0.1) is 0 Å². The minimum atomic E-state index is 0.595. The number of benzene rings is 1. The van der Waals surface area contributed by atoms with Gasteiger partial charge >= 0.3 is 0 Å². The maximum Gasteiger partial charge on any atom is 0.0576 e. The third kappa shape index (κ3) is 3.92. The van der Waals surface area contributed by atoms with Gasteiger partial charge in [-0.1, -0.05) is 50.7 Å². The number of hydrogen-bond acceptors (Lipinski definition) is 3. The molecule has 6 rings (SSSR count). The van der Waals surface area contributed by atoms with Gasteiger partial charge in [0.25, 0.3) is 0 Å². The highest BCUT2D eigenvalue weighted by Gasteiger charge is 2.42. The number of anilines is 2. The van der Waals surface area contributed by atoms with Crippen molar-refractivity contribution in [2.24, 2.45) is 17.8 Å². The Morgan fingerprint density at radius 2 is 1.50 bits per heavy atom. The first kappa shape index (κ1) is 18.8. The molecule has 28 heavy (non-hydrogen) atoms. The van der Waals surface area contributed by atoms with Crippen LogP contribution in [0.5, 0.6) is 0 Å². The Balaban J connectivity index is 1.32. The standard InChI is InChI=1S/C25H39N3/c26-23-11-5-6-12-24(23)27-25-16-21-10-4-3-9-20(25)17-28(21)22-14-18-7-1-2-8-19(13-18)15-22/h5-6,11-12,18-22,25,27H,1-4,7-10,13-17,26H2/t18-,19+,20?,21-,22-,25+/m1/s1. The van der Waals surface area contributed by atoms with E-state index in [4.69, 9.17) is 5.73 Å². The second-order valence-corrected chi connectivity index (χ2v) is 10.3. The van der Waals surface area contributed by atoms with Crippen LogP contribution in [0.1, 0.15) is 77.0 Å². The highest BCUT2D eigenvalue weighted by atomic mass is 15.2. The highest BCUT2D eigenvalue weighted by molar-refractivity contribution is 5.66. The number of piperidine rings is 1. The zero-order valence-corrected chi connectivity index (χ0v) is 17.5. The minimum absolute atomic E-state index is 0.595. The Morgan fingerprint density at radius 1 is 0.786 bits per heavy atom. The van der Waals surface area contributed by atoms with Gasteiger partial charge in [0.15, 0.2) is 0 Å². The average Bonchev–Trinajstić information content (AvgIpc) is 2.84. The quantitative estimate of drug-likeness (QED) is 0.663. The molecule has 2 heterocycles. The van der Waals surface area contributed by atoms with Crippen molar-refractivity contribution in [3.63, 3.8) is 0 Å². The van der Waals surface area contributed by atoms with E-state index in [1.807, 2.05) is 12.1 Å². The second kappa shape index (κ2) is 8.26. The molecular weight excluding hydrogens is 342 g/mol. The molecule has 0 spiro atoms. The molecule has 1 aromatic carbocycles. The summed E-state index contributed by atoms with van der Waals surface area (Å²) in [5, 5.41) is 3.87. The zero-order valence-electron chi connectivity index (χ0n) is 17.5. The van der Waals surface area contributed by atoms with Gasteiger partial charge in [-0.25, -0.2) is 0 Å². The Hall–Kier alpha value is -1.22. The van der Waals surface area contributed by atoms with Gasteiger partial charge in [0.05, 0.1) is 11.4 Å². The van der Waals surface area contributed by atoms with E-state index in [9.17, 15) is 0 Å². The molecule has 3 heteroatoms. The highest BCUT2D eigenvalue weighted by Crippen LogP contribution is 2.44. The van der Waals surface area contributed by atoms with Crippen LogP contribution >= 0.6 is 0 Å². The molecule has 1 unspecified atom stereocenters. The molecule has 3 N–H and O–H groups in total. The fraction of sp³-hybridized carbons (Fsp3) is 0.760. The second-order valence-electron chi connectivity index (χ2n) is 10.3. The molecule has 3 saturated carbocycles. The van der Waals surface area contributed by atoms with Crippen LogP contribution in [0.15, 0.2) is 24.3 Å². The summed E-state index contributed by atoms with van der Waals surface area (Å²) in [4.78, 5) is 3.01. The Morgan fingerprint density at radius 3 is 2.29 bits per heavy atom. The van der Waals surface area contributed by atoms with E-state index < -0.39 is 0 Å². The molecule has 2 aliphatic heterocycles. The van der Waals surface area contributed by atoms with Crippen LogP contribution in [-0.4, -0.2) is 29.6 Å². The normalized spacial score (nSPS) is 39.0. The first-order chi connectivity index (χ1) is 13.8. The number of nitrogens with two attached hydrogens (primary N) is 1. The first-order valence-electron chi connectivity index (χ1n) is 12.1. The molecule has 5 aliphatic rings. The van der Waals surface area contributed by atoms with Gasteiger partial charge in [0.1, 0.15) is 0 Å². The van der Waals surface area contributed by atoms with Crippen LogP contribution in [0, 0.1) is 17.8 Å². The number of nitrogen functional groups attached to an aromatic ring is 1. The topological polar surface area (TPSA) is 41.3 Å². The minimum Gasteiger partial charge on any atom is -0.397 e. The van der Waals surface area contributed by atoms with E-state index in [2.05, 4.69) is 22.3 Å². The molecule has 3 aliphatic carbocycles. The predicted molar refractivity (Wildman–Crippen MR) is 118 cm³/mol. The maximum absolute atomic E-state index is 6.24. The van der Waals surface area contributed by atoms with Crippen molar-refractivity contribution in [1.82, 2.24) is 4.90 Å². The lowest BCUT2D eigenvalue weighted by atomic mass is 9.73. The predicted octanol–water partition coefficient (Wildman–Crippen LogP) is 5.67. The summed E-state index contributed by atoms with van der Waals surface area (Å²) in [6.45, 7) is 1.32. The molecule has 6 atom stereocenters. The van der Waals surface area contributed by atoms with E-state index in [1.54, 1.807) is 0 Å². The smallest absolute Gasteiger partial charge is 0.0576 e. The Labute approximate surface area is 171 Å². The summed E-state index contributed by atoms with van der Waals surface area (Å²) in [5.41, 5.74) is 8.29. The van der Waals surface area contributed by atoms with Crippen LogP contribution in [-0.2, 0) is 0 Å². The molecule has 2 saturated heterocycles. The number of para-hydroxylation sites is 2. The summed E-state index contributed by atoms with van der Waals surface area (Å²) in [5.74, 6) is 2.82. The van der Waals surface area contributed by atoms with Gasteiger partial charge in [0.2, 0.25) is 0 Å². The molecule has 0 amide bonds. The molecule has 3 nitrogen and oxygen atoms in total.